The Labute approximate surface area is 237 Å². The van der Waals surface area contributed by atoms with E-state index in [0.717, 1.165) is 23.1 Å². The van der Waals surface area contributed by atoms with Gasteiger partial charge in [-0.3, -0.25) is 0 Å². The van der Waals surface area contributed by atoms with Gasteiger partial charge in [0.25, 0.3) is 5.19 Å². The van der Waals surface area contributed by atoms with Crippen LogP contribution in [0.15, 0.2) is 42.5 Å². The molecule has 2 aromatic carbocycles. The van der Waals surface area contributed by atoms with E-state index in [-0.39, 0.29) is 24.3 Å². The average Bonchev–Trinajstić information content (AvgIpc) is 3.36. The first-order valence-electron chi connectivity index (χ1n) is 13.7. The van der Waals surface area contributed by atoms with Crippen LogP contribution < -0.4 is 9.47 Å². The second-order valence-electron chi connectivity index (χ2n) is 10.3. The van der Waals surface area contributed by atoms with Crippen LogP contribution in [0.1, 0.15) is 50.0 Å². The molecule has 12 heteroatoms. The first-order chi connectivity index (χ1) is 19.3. The number of thiazole rings is 1. The molecule has 0 aliphatic carbocycles. The largest absolute Gasteiger partial charge is 0.467 e. The quantitative estimate of drug-likeness (QED) is 0.358. The number of benzene rings is 2. The molecule has 1 aromatic heterocycles. The van der Waals surface area contributed by atoms with Crippen molar-refractivity contribution in [2.24, 2.45) is 0 Å². The maximum atomic E-state index is 13.1. The van der Waals surface area contributed by atoms with Crippen molar-refractivity contribution in [3.63, 3.8) is 0 Å². The molecular formula is C28H34FN3O6S2. The summed E-state index contributed by atoms with van der Waals surface area (Å²) in [6.45, 7) is 2.03. The number of aliphatic hydroxyl groups is 1. The lowest BCUT2D eigenvalue weighted by molar-refractivity contribution is 0.0930. The average molecular weight is 592 g/mol. The van der Waals surface area contributed by atoms with Gasteiger partial charge in [-0.1, -0.05) is 17.4 Å². The molecule has 0 unspecified atom stereocenters. The zero-order valence-electron chi connectivity index (χ0n) is 22.2. The van der Waals surface area contributed by atoms with Crippen LogP contribution in [0.3, 0.4) is 0 Å². The third-order valence-corrected chi connectivity index (χ3v) is 10.4. The highest BCUT2D eigenvalue weighted by Crippen LogP contribution is 2.35. The van der Waals surface area contributed by atoms with Gasteiger partial charge in [0, 0.05) is 45.6 Å². The van der Waals surface area contributed by atoms with Crippen molar-refractivity contribution in [2.75, 3.05) is 38.5 Å². The Kier molecular flexibility index (Phi) is 9.19. The number of nitrogens with zero attached hydrogens (tertiary/aromatic N) is 3. The fourth-order valence-corrected chi connectivity index (χ4v) is 7.71. The van der Waals surface area contributed by atoms with Gasteiger partial charge in [-0.25, -0.2) is 26.9 Å². The molecule has 5 rings (SSSR count). The number of piperidine rings is 2. The molecule has 0 radical (unpaired) electrons. The Hall–Kier alpha value is -2.80. The minimum Gasteiger partial charge on any atom is -0.467 e. The van der Waals surface area contributed by atoms with E-state index >= 15 is 0 Å². The molecule has 2 saturated heterocycles. The number of carbonyl (C=O) groups excluding carboxylic acids is 1. The summed E-state index contributed by atoms with van der Waals surface area (Å²) >= 11 is 1.50. The summed E-state index contributed by atoms with van der Waals surface area (Å²) in [6.07, 6.45) is 3.32. The van der Waals surface area contributed by atoms with Crippen LogP contribution in [-0.2, 0) is 10.0 Å². The number of unbranched alkanes of at least 4 members (excludes halogenated alkanes) is 1. The van der Waals surface area contributed by atoms with E-state index in [1.54, 1.807) is 9.21 Å². The van der Waals surface area contributed by atoms with Gasteiger partial charge in [0.1, 0.15) is 17.7 Å². The Balaban J connectivity index is 1.12. The number of ether oxygens (including phenoxy) is 2. The van der Waals surface area contributed by atoms with Crippen molar-refractivity contribution < 1.29 is 32.2 Å². The highest BCUT2D eigenvalue weighted by molar-refractivity contribution is 7.89. The van der Waals surface area contributed by atoms with Crippen molar-refractivity contribution in [3.8, 4) is 10.9 Å². The first-order valence-corrected chi connectivity index (χ1v) is 16.1. The monoisotopic (exact) mass is 591 g/mol. The van der Waals surface area contributed by atoms with E-state index in [2.05, 4.69) is 17.1 Å². The molecule has 2 aliphatic rings. The summed E-state index contributed by atoms with van der Waals surface area (Å²) in [5, 5.41) is 9.52. The number of fused-ring (bicyclic) bond motifs is 1. The summed E-state index contributed by atoms with van der Waals surface area (Å²) in [5.41, 5.74) is 2.06. The molecule has 2 aliphatic heterocycles. The van der Waals surface area contributed by atoms with Crippen molar-refractivity contribution in [3.05, 3.63) is 53.8 Å². The Morgan fingerprint density at radius 3 is 2.45 bits per heavy atom. The molecule has 0 atom stereocenters. The summed E-state index contributed by atoms with van der Waals surface area (Å²) in [7, 11) is -3.27. The van der Waals surface area contributed by atoms with E-state index < -0.39 is 16.1 Å². The van der Waals surface area contributed by atoms with E-state index in [1.807, 2.05) is 6.07 Å². The topological polar surface area (TPSA) is 109 Å². The van der Waals surface area contributed by atoms with Gasteiger partial charge < -0.3 is 19.5 Å². The number of amides is 1. The number of rotatable bonds is 9. The predicted octanol–water partition coefficient (Wildman–Crippen LogP) is 4.76. The highest BCUT2D eigenvalue weighted by Gasteiger charge is 2.29. The Bertz CT molecular complexity index is 1400. The smallest absolute Gasteiger partial charge is 0.415 e. The van der Waals surface area contributed by atoms with Crippen LogP contribution in [0.5, 0.6) is 10.9 Å². The van der Waals surface area contributed by atoms with E-state index in [9.17, 15) is 17.6 Å². The number of hydrogen-bond acceptors (Lipinski definition) is 8. The maximum absolute atomic E-state index is 13.1. The summed E-state index contributed by atoms with van der Waals surface area (Å²) in [6, 6.07) is 11.6. The van der Waals surface area contributed by atoms with Crippen LogP contribution in [0.25, 0.3) is 10.2 Å². The number of carbonyl (C=O) groups is 1. The van der Waals surface area contributed by atoms with Gasteiger partial charge in [-0.15, -0.1) is 0 Å². The molecule has 0 spiro atoms. The third kappa shape index (κ3) is 7.09. The normalized spacial score (nSPS) is 17.8. The van der Waals surface area contributed by atoms with Crippen LogP contribution in [0.4, 0.5) is 9.18 Å². The molecule has 1 amide bonds. The van der Waals surface area contributed by atoms with Gasteiger partial charge in [-0.2, -0.15) is 0 Å². The number of likely N-dealkylation sites (tertiary alicyclic amines) is 1. The molecule has 0 bridgehead atoms. The second kappa shape index (κ2) is 12.8. The van der Waals surface area contributed by atoms with Gasteiger partial charge in [0.15, 0.2) is 0 Å². The molecule has 3 heterocycles. The number of aromatic nitrogens is 1. The van der Waals surface area contributed by atoms with Gasteiger partial charge in [0.2, 0.25) is 10.0 Å². The van der Waals surface area contributed by atoms with Crippen LogP contribution in [-0.4, -0.2) is 78.4 Å². The third-order valence-electron chi connectivity index (χ3n) is 7.51. The number of aliphatic hydroxyl groups excluding tert-OH is 1. The maximum Gasteiger partial charge on any atom is 0.415 e. The molecule has 216 valence electrons. The first kappa shape index (κ1) is 28.7. The minimum atomic E-state index is -3.27. The number of hydrogen-bond donors (Lipinski definition) is 1. The fourth-order valence-electron chi connectivity index (χ4n) is 5.18. The molecule has 3 aromatic rings. The van der Waals surface area contributed by atoms with Crippen LogP contribution in [0, 0.1) is 5.82 Å². The zero-order valence-corrected chi connectivity index (χ0v) is 23.8. The standard InChI is InChI=1S/C28H34FN3O6S2/c29-22-4-6-23(7-5-22)38-28(34)31-13-11-24(12-14-31)37-27-30-25-8-3-21(19-26(25)39-27)20-9-15-32(16-10-20)40(35,36)18-2-1-17-33/h3-8,19-20,24,33H,1-2,9-18H2. The molecule has 40 heavy (non-hydrogen) atoms. The van der Waals surface area contributed by atoms with Gasteiger partial charge in [0.05, 0.1) is 16.0 Å². The van der Waals surface area contributed by atoms with Crippen LogP contribution in [0.2, 0.25) is 0 Å². The van der Waals surface area contributed by atoms with Crippen molar-refractivity contribution >= 4 is 37.7 Å². The summed E-state index contributed by atoms with van der Waals surface area (Å²) < 4.78 is 52.3. The predicted molar refractivity (Wildman–Crippen MR) is 151 cm³/mol. The van der Waals surface area contributed by atoms with E-state index in [0.29, 0.717) is 68.7 Å². The Morgan fingerprint density at radius 2 is 1.75 bits per heavy atom. The SMILES string of the molecule is O=C(Oc1ccc(F)cc1)N1CCC(Oc2nc3ccc(C4CCN(S(=O)(=O)CCCCO)CC4)cc3s2)CC1. The molecule has 2 fully saturated rings. The summed E-state index contributed by atoms with van der Waals surface area (Å²) in [4.78, 5) is 18.7. The lowest BCUT2D eigenvalue weighted by atomic mass is 9.90. The number of sulfonamides is 1. The molecule has 9 nitrogen and oxygen atoms in total. The molecular weight excluding hydrogens is 557 g/mol. The highest BCUT2D eigenvalue weighted by atomic mass is 32.2. The lowest BCUT2D eigenvalue weighted by Crippen LogP contribution is -2.43. The minimum absolute atomic E-state index is 0.0140. The second-order valence-corrected chi connectivity index (χ2v) is 13.3. The van der Waals surface area contributed by atoms with Crippen LogP contribution >= 0.6 is 11.3 Å². The number of halogens is 1. The van der Waals surface area contributed by atoms with Crippen molar-refractivity contribution in [1.29, 1.82) is 0 Å². The molecule has 0 saturated carbocycles. The zero-order chi connectivity index (χ0) is 28.1. The fraction of sp³-hybridized carbons (Fsp3) is 0.500. The van der Waals surface area contributed by atoms with Crippen molar-refractivity contribution in [1.82, 2.24) is 14.2 Å². The van der Waals surface area contributed by atoms with Gasteiger partial charge in [-0.05, 0) is 73.6 Å². The van der Waals surface area contributed by atoms with Crippen molar-refractivity contribution in [2.45, 2.75) is 50.5 Å². The lowest BCUT2D eigenvalue weighted by Gasteiger charge is -2.31. The Morgan fingerprint density at radius 1 is 1.02 bits per heavy atom. The van der Waals surface area contributed by atoms with E-state index in [4.69, 9.17) is 14.6 Å². The van der Waals surface area contributed by atoms with Gasteiger partial charge >= 0.3 is 6.09 Å². The van der Waals surface area contributed by atoms with E-state index in [1.165, 1.54) is 41.2 Å². The molecule has 1 N–H and O–H groups in total. The summed E-state index contributed by atoms with van der Waals surface area (Å²) in [5.74, 6) is 0.304.